The summed E-state index contributed by atoms with van der Waals surface area (Å²) in [7, 11) is 0. The summed E-state index contributed by atoms with van der Waals surface area (Å²) >= 11 is 0. The van der Waals surface area contributed by atoms with Gasteiger partial charge in [-0.3, -0.25) is 4.79 Å². The smallest absolute Gasteiger partial charge is 0.355 e. The predicted molar refractivity (Wildman–Crippen MR) is 73.5 cm³/mol. The van der Waals surface area contributed by atoms with Crippen LogP contribution in [0.4, 0.5) is 27.8 Å². The van der Waals surface area contributed by atoms with Crippen LogP contribution in [-0.4, -0.2) is 52.9 Å². The molecule has 1 aromatic heterocycles. The van der Waals surface area contributed by atoms with Gasteiger partial charge in [-0.1, -0.05) is 0 Å². The Bertz CT molecular complexity index is 620. The minimum absolute atomic E-state index is 0.00800. The molecule has 5 nitrogen and oxygen atoms in total. The molecular formula is C14H15F5N4O. The second kappa shape index (κ2) is 5.82. The van der Waals surface area contributed by atoms with Gasteiger partial charge in [-0.05, 0) is 0 Å². The van der Waals surface area contributed by atoms with Crippen LogP contribution in [-0.2, 0) is 11.0 Å². The van der Waals surface area contributed by atoms with Gasteiger partial charge in [0.05, 0.1) is 5.92 Å². The Morgan fingerprint density at radius 2 is 1.79 bits per heavy atom. The molecule has 2 aliphatic heterocycles. The molecule has 1 aromatic rings. The van der Waals surface area contributed by atoms with Gasteiger partial charge in [0.15, 0.2) is 0 Å². The van der Waals surface area contributed by atoms with E-state index in [1.54, 1.807) is 0 Å². The third-order valence-corrected chi connectivity index (χ3v) is 4.30. The fraction of sp³-hybridized carbons (Fsp3) is 0.643. The third kappa shape index (κ3) is 3.41. The number of nitrogens with zero attached hydrogens (tertiary/aromatic N) is 4. The zero-order chi connectivity index (χ0) is 17.5. The second-order valence-corrected chi connectivity index (χ2v) is 6.04. The van der Waals surface area contributed by atoms with E-state index in [-0.39, 0.29) is 50.7 Å². The van der Waals surface area contributed by atoms with Crippen molar-refractivity contribution in [2.75, 3.05) is 31.1 Å². The van der Waals surface area contributed by atoms with Crippen LogP contribution in [0, 0.1) is 5.92 Å². The number of amides is 1. The van der Waals surface area contributed by atoms with Gasteiger partial charge in [-0.25, -0.2) is 18.7 Å². The first-order valence-corrected chi connectivity index (χ1v) is 7.46. The SMILES string of the molecule is O=C(C1CN(c2cc(C(F)(F)F)ncn2)C1)N1CCC(F)(F)CC1. The number of hydrogen-bond donors (Lipinski definition) is 0. The van der Waals surface area contributed by atoms with E-state index in [1.165, 1.54) is 9.80 Å². The summed E-state index contributed by atoms with van der Waals surface area (Å²) in [6.07, 6.45) is -4.43. The van der Waals surface area contributed by atoms with Crippen LogP contribution in [0.5, 0.6) is 0 Å². The van der Waals surface area contributed by atoms with Crippen LogP contribution >= 0.6 is 0 Å². The lowest BCUT2D eigenvalue weighted by molar-refractivity contribution is -0.143. The molecule has 3 heterocycles. The number of likely N-dealkylation sites (tertiary alicyclic amines) is 1. The van der Waals surface area contributed by atoms with Crippen molar-refractivity contribution in [3.8, 4) is 0 Å². The van der Waals surface area contributed by atoms with Crippen molar-refractivity contribution >= 4 is 11.7 Å². The molecule has 0 atom stereocenters. The normalized spacial score (nSPS) is 21.5. The first kappa shape index (κ1) is 16.8. The monoisotopic (exact) mass is 350 g/mol. The lowest BCUT2D eigenvalue weighted by atomic mass is 9.96. The van der Waals surface area contributed by atoms with Crippen molar-refractivity contribution in [1.82, 2.24) is 14.9 Å². The molecule has 2 fully saturated rings. The summed E-state index contributed by atoms with van der Waals surface area (Å²) < 4.78 is 64.1. The van der Waals surface area contributed by atoms with Crippen molar-refractivity contribution in [1.29, 1.82) is 0 Å². The number of carbonyl (C=O) groups is 1. The van der Waals surface area contributed by atoms with Crippen LogP contribution < -0.4 is 4.90 Å². The molecule has 0 unspecified atom stereocenters. The summed E-state index contributed by atoms with van der Waals surface area (Å²) in [6.45, 7) is 0.461. The van der Waals surface area contributed by atoms with Crippen molar-refractivity contribution in [3.63, 3.8) is 0 Å². The molecule has 0 spiro atoms. The molecule has 24 heavy (non-hydrogen) atoms. The number of carbonyl (C=O) groups excluding carboxylic acids is 1. The number of piperidine rings is 1. The summed E-state index contributed by atoms with van der Waals surface area (Å²) in [5.74, 6) is -3.25. The molecule has 0 saturated carbocycles. The molecule has 1 amide bonds. The number of aromatic nitrogens is 2. The highest BCUT2D eigenvalue weighted by atomic mass is 19.4. The Hall–Kier alpha value is -2.00. The number of halogens is 5. The summed E-state index contributed by atoms with van der Waals surface area (Å²) in [4.78, 5) is 22.2. The maximum Gasteiger partial charge on any atom is 0.433 e. The Kier molecular flexibility index (Phi) is 4.08. The van der Waals surface area contributed by atoms with Crippen LogP contribution in [0.1, 0.15) is 18.5 Å². The Morgan fingerprint density at radius 3 is 2.38 bits per heavy atom. The van der Waals surface area contributed by atoms with E-state index in [9.17, 15) is 26.7 Å². The molecule has 0 bridgehead atoms. The molecule has 0 radical (unpaired) electrons. The topological polar surface area (TPSA) is 49.3 Å². The molecular weight excluding hydrogens is 335 g/mol. The highest BCUT2D eigenvalue weighted by Crippen LogP contribution is 2.32. The maximum absolute atomic E-state index is 13.1. The van der Waals surface area contributed by atoms with E-state index in [0.29, 0.717) is 0 Å². The van der Waals surface area contributed by atoms with Gasteiger partial charge in [0.25, 0.3) is 5.92 Å². The van der Waals surface area contributed by atoms with Crippen molar-refractivity contribution in [3.05, 3.63) is 18.1 Å². The minimum Gasteiger partial charge on any atom is -0.355 e. The fourth-order valence-corrected chi connectivity index (χ4v) is 2.81. The standard InChI is InChI=1S/C14H15F5N4O/c15-13(16)1-3-22(4-2-13)12(24)9-6-23(7-9)11-5-10(14(17,18)19)20-8-21-11/h5,8-9H,1-4,6-7H2. The van der Waals surface area contributed by atoms with Gasteiger partial charge >= 0.3 is 6.18 Å². The zero-order valence-electron chi connectivity index (χ0n) is 12.6. The van der Waals surface area contributed by atoms with Crippen LogP contribution in [0.3, 0.4) is 0 Å². The highest BCUT2D eigenvalue weighted by molar-refractivity contribution is 5.82. The van der Waals surface area contributed by atoms with Crippen LogP contribution in [0.2, 0.25) is 0 Å². The largest absolute Gasteiger partial charge is 0.433 e. The summed E-state index contributed by atoms with van der Waals surface area (Å²) in [6, 6.07) is 0.835. The Balaban J connectivity index is 1.57. The summed E-state index contributed by atoms with van der Waals surface area (Å²) in [5, 5.41) is 0. The van der Waals surface area contributed by atoms with E-state index in [2.05, 4.69) is 9.97 Å². The lowest BCUT2D eigenvalue weighted by Crippen LogP contribution is -2.56. The highest BCUT2D eigenvalue weighted by Gasteiger charge is 2.41. The first-order valence-electron chi connectivity index (χ1n) is 7.46. The third-order valence-electron chi connectivity index (χ3n) is 4.30. The van der Waals surface area contributed by atoms with E-state index in [0.717, 1.165) is 12.4 Å². The second-order valence-electron chi connectivity index (χ2n) is 6.04. The number of alkyl halides is 5. The van der Waals surface area contributed by atoms with Gasteiger partial charge in [0.2, 0.25) is 5.91 Å². The zero-order valence-corrected chi connectivity index (χ0v) is 12.6. The quantitative estimate of drug-likeness (QED) is 0.768. The van der Waals surface area contributed by atoms with Crippen molar-refractivity contribution < 1.29 is 26.7 Å². The molecule has 2 saturated heterocycles. The maximum atomic E-state index is 13.1. The number of hydrogen-bond acceptors (Lipinski definition) is 4. The molecule has 0 aromatic carbocycles. The van der Waals surface area contributed by atoms with Crippen LogP contribution in [0.25, 0.3) is 0 Å². The minimum atomic E-state index is -4.56. The van der Waals surface area contributed by atoms with Crippen molar-refractivity contribution in [2.24, 2.45) is 5.92 Å². The summed E-state index contributed by atoms with van der Waals surface area (Å²) in [5.41, 5.74) is -1.04. The van der Waals surface area contributed by atoms with Gasteiger partial charge in [-0.2, -0.15) is 13.2 Å². The van der Waals surface area contributed by atoms with E-state index in [4.69, 9.17) is 0 Å². The molecule has 2 aliphatic rings. The number of anilines is 1. The van der Waals surface area contributed by atoms with Gasteiger partial charge in [0.1, 0.15) is 17.8 Å². The van der Waals surface area contributed by atoms with Gasteiger partial charge in [0, 0.05) is 45.1 Å². The van der Waals surface area contributed by atoms with E-state index in [1.807, 2.05) is 0 Å². The molecule has 132 valence electrons. The average Bonchev–Trinajstić information content (AvgIpc) is 2.45. The van der Waals surface area contributed by atoms with Crippen LogP contribution in [0.15, 0.2) is 12.4 Å². The molecule has 0 N–H and O–H groups in total. The first-order chi connectivity index (χ1) is 11.2. The lowest BCUT2D eigenvalue weighted by Gasteiger charge is -2.42. The van der Waals surface area contributed by atoms with Gasteiger partial charge < -0.3 is 9.80 Å². The average molecular weight is 350 g/mol. The Morgan fingerprint density at radius 1 is 1.17 bits per heavy atom. The fourth-order valence-electron chi connectivity index (χ4n) is 2.81. The molecule has 10 heteroatoms. The molecule has 0 aliphatic carbocycles. The van der Waals surface area contributed by atoms with Gasteiger partial charge in [-0.15, -0.1) is 0 Å². The Labute approximate surface area is 134 Å². The number of rotatable bonds is 2. The van der Waals surface area contributed by atoms with E-state index < -0.39 is 23.7 Å². The van der Waals surface area contributed by atoms with E-state index >= 15 is 0 Å². The molecule has 3 rings (SSSR count). The van der Waals surface area contributed by atoms with Crippen molar-refractivity contribution in [2.45, 2.75) is 24.9 Å². The predicted octanol–water partition coefficient (Wildman–Crippen LogP) is 2.19.